The van der Waals surface area contributed by atoms with Crippen LogP contribution in [0.25, 0.3) is 0 Å². The lowest BCUT2D eigenvalue weighted by Gasteiger charge is -2.10. The Morgan fingerprint density at radius 3 is 2.81 bits per heavy atom. The molecule has 0 amide bonds. The molecular formula is C12H17N3O. The maximum Gasteiger partial charge on any atom is 0.181 e. The van der Waals surface area contributed by atoms with Crippen molar-refractivity contribution in [3.8, 4) is 11.8 Å². The topological polar surface area (TPSA) is 71.9 Å². The third-order valence-corrected chi connectivity index (χ3v) is 2.29. The third kappa shape index (κ3) is 3.87. The molecule has 2 N–H and O–H groups in total. The van der Waals surface area contributed by atoms with Crippen molar-refractivity contribution >= 4 is 0 Å². The van der Waals surface area contributed by atoms with Gasteiger partial charge in [-0.05, 0) is 25.5 Å². The molecule has 1 aromatic rings. The molecule has 1 aromatic heterocycles. The molecule has 0 aromatic carbocycles. The molecule has 0 bridgehead atoms. The molecule has 0 saturated heterocycles. The Hall–Kier alpha value is -1.60. The molecule has 0 spiro atoms. The van der Waals surface area contributed by atoms with E-state index >= 15 is 0 Å². The molecule has 16 heavy (non-hydrogen) atoms. The predicted octanol–water partition coefficient (Wildman–Crippen LogP) is 1.65. The summed E-state index contributed by atoms with van der Waals surface area (Å²) in [5, 5.41) is 8.59. The molecule has 4 heteroatoms. The predicted molar refractivity (Wildman–Crippen MR) is 61.9 cm³/mol. The Bertz CT molecular complexity index is 356. The lowest BCUT2D eigenvalue weighted by atomic mass is 10.1. The average molecular weight is 219 g/mol. The van der Waals surface area contributed by atoms with Gasteiger partial charge < -0.3 is 10.5 Å². The van der Waals surface area contributed by atoms with Gasteiger partial charge in [-0.2, -0.15) is 5.26 Å². The highest BCUT2D eigenvalue weighted by Crippen LogP contribution is 2.12. The minimum Gasteiger partial charge on any atom is -0.474 e. The van der Waals surface area contributed by atoms with Crippen molar-refractivity contribution in [3.63, 3.8) is 0 Å². The zero-order valence-electron chi connectivity index (χ0n) is 9.68. The summed E-state index contributed by atoms with van der Waals surface area (Å²) >= 11 is 0. The standard InChI is InChI=1S/C12H17N3O/c1-3-10(14)6-11-4-5-12(8-15-11)16-9(2)7-13/h4-5,8-10H,3,6,14H2,1-2H3. The highest BCUT2D eigenvalue weighted by atomic mass is 16.5. The van der Waals surface area contributed by atoms with Crippen LogP contribution in [0.2, 0.25) is 0 Å². The van der Waals surface area contributed by atoms with Crippen LogP contribution in [0, 0.1) is 11.3 Å². The molecule has 1 rings (SSSR count). The number of nitriles is 1. The molecule has 0 aliphatic heterocycles. The van der Waals surface area contributed by atoms with Gasteiger partial charge in [0.15, 0.2) is 6.10 Å². The maximum absolute atomic E-state index is 8.59. The molecule has 2 unspecified atom stereocenters. The number of hydrogen-bond acceptors (Lipinski definition) is 4. The van der Waals surface area contributed by atoms with Gasteiger partial charge in [0.25, 0.3) is 0 Å². The third-order valence-electron chi connectivity index (χ3n) is 2.29. The van der Waals surface area contributed by atoms with E-state index in [4.69, 9.17) is 15.7 Å². The van der Waals surface area contributed by atoms with Gasteiger partial charge in [-0.3, -0.25) is 4.98 Å². The van der Waals surface area contributed by atoms with Crippen molar-refractivity contribution in [1.29, 1.82) is 5.26 Å². The summed E-state index contributed by atoms with van der Waals surface area (Å²) < 4.78 is 5.29. The van der Waals surface area contributed by atoms with Crippen LogP contribution in [0.15, 0.2) is 18.3 Å². The first kappa shape index (κ1) is 12.5. The maximum atomic E-state index is 8.59. The van der Waals surface area contributed by atoms with Crippen LogP contribution in [0.1, 0.15) is 26.0 Å². The number of ether oxygens (including phenoxy) is 1. The molecule has 1 heterocycles. The lowest BCUT2D eigenvalue weighted by Crippen LogP contribution is -2.21. The van der Waals surface area contributed by atoms with E-state index < -0.39 is 6.10 Å². The van der Waals surface area contributed by atoms with Crippen LogP contribution in [-0.4, -0.2) is 17.1 Å². The van der Waals surface area contributed by atoms with Crippen molar-refractivity contribution in [2.75, 3.05) is 0 Å². The van der Waals surface area contributed by atoms with Crippen molar-refractivity contribution < 1.29 is 4.74 Å². The normalized spacial score (nSPS) is 13.9. The Morgan fingerprint density at radius 1 is 1.56 bits per heavy atom. The number of nitrogens with zero attached hydrogens (tertiary/aromatic N) is 2. The Balaban J connectivity index is 2.58. The lowest BCUT2D eigenvalue weighted by molar-refractivity contribution is 0.275. The van der Waals surface area contributed by atoms with E-state index in [1.165, 1.54) is 0 Å². The molecule has 4 nitrogen and oxygen atoms in total. The number of nitrogens with two attached hydrogens (primary N) is 1. The first-order chi connectivity index (χ1) is 7.65. The van der Waals surface area contributed by atoms with Gasteiger partial charge in [0.2, 0.25) is 0 Å². The molecule has 2 atom stereocenters. The van der Waals surface area contributed by atoms with E-state index in [-0.39, 0.29) is 6.04 Å². The van der Waals surface area contributed by atoms with Gasteiger partial charge in [0, 0.05) is 18.2 Å². The SMILES string of the molecule is CCC(N)Cc1ccc(OC(C)C#N)cn1. The molecule has 0 fully saturated rings. The largest absolute Gasteiger partial charge is 0.474 e. The highest BCUT2D eigenvalue weighted by molar-refractivity contribution is 5.21. The Kier molecular flexibility index (Phi) is 4.74. The van der Waals surface area contributed by atoms with Crippen LogP contribution in [-0.2, 0) is 6.42 Å². The summed E-state index contributed by atoms with van der Waals surface area (Å²) in [5.41, 5.74) is 6.78. The van der Waals surface area contributed by atoms with E-state index in [0.29, 0.717) is 5.75 Å². The first-order valence-electron chi connectivity index (χ1n) is 5.42. The van der Waals surface area contributed by atoms with Gasteiger partial charge >= 0.3 is 0 Å². The molecule has 0 aliphatic carbocycles. The van der Waals surface area contributed by atoms with E-state index in [2.05, 4.69) is 11.9 Å². The van der Waals surface area contributed by atoms with Crippen LogP contribution >= 0.6 is 0 Å². The van der Waals surface area contributed by atoms with E-state index in [1.54, 1.807) is 13.1 Å². The van der Waals surface area contributed by atoms with Crippen LogP contribution in [0.3, 0.4) is 0 Å². The van der Waals surface area contributed by atoms with E-state index in [0.717, 1.165) is 18.5 Å². The van der Waals surface area contributed by atoms with Gasteiger partial charge in [0.1, 0.15) is 11.8 Å². The summed E-state index contributed by atoms with van der Waals surface area (Å²) in [7, 11) is 0. The van der Waals surface area contributed by atoms with Crippen molar-refractivity contribution in [1.82, 2.24) is 4.98 Å². The van der Waals surface area contributed by atoms with Gasteiger partial charge in [-0.15, -0.1) is 0 Å². The van der Waals surface area contributed by atoms with Crippen LogP contribution < -0.4 is 10.5 Å². The van der Waals surface area contributed by atoms with Gasteiger partial charge in [-0.1, -0.05) is 6.92 Å². The molecular weight excluding hydrogens is 202 g/mol. The average Bonchev–Trinajstić information content (AvgIpc) is 2.31. The molecule has 0 radical (unpaired) electrons. The van der Waals surface area contributed by atoms with Crippen molar-refractivity contribution in [2.45, 2.75) is 38.8 Å². The number of aromatic nitrogens is 1. The summed E-state index contributed by atoms with van der Waals surface area (Å²) in [6.07, 6.45) is 2.88. The zero-order chi connectivity index (χ0) is 12.0. The fourth-order valence-corrected chi connectivity index (χ4v) is 1.24. The number of rotatable bonds is 5. The van der Waals surface area contributed by atoms with E-state index in [9.17, 15) is 0 Å². The second kappa shape index (κ2) is 6.09. The molecule has 0 saturated carbocycles. The fraction of sp³-hybridized carbons (Fsp3) is 0.500. The second-order valence-corrected chi connectivity index (χ2v) is 3.75. The monoisotopic (exact) mass is 219 g/mol. The smallest absolute Gasteiger partial charge is 0.181 e. The summed E-state index contributed by atoms with van der Waals surface area (Å²) in [4.78, 5) is 4.24. The summed E-state index contributed by atoms with van der Waals surface area (Å²) in [6.45, 7) is 3.75. The number of pyridine rings is 1. The summed E-state index contributed by atoms with van der Waals surface area (Å²) in [6, 6.07) is 5.85. The Labute approximate surface area is 96.1 Å². The van der Waals surface area contributed by atoms with Crippen LogP contribution in [0.5, 0.6) is 5.75 Å². The number of hydrogen-bond donors (Lipinski definition) is 1. The van der Waals surface area contributed by atoms with Crippen LogP contribution in [0.4, 0.5) is 0 Å². The second-order valence-electron chi connectivity index (χ2n) is 3.75. The first-order valence-corrected chi connectivity index (χ1v) is 5.42. The van der Waals surface area contributed by atoms with Crippen molar-refractivity contribution in [3.05, 3.63) is 24.0 Å². The van der Waals surface area contributed by atoms with Crippen molar-refractivity contribution in [2.24, 2.45) is 5.73 Å². The minimum absolute atomic E-state index is 0.150. The molecule has 86 valence electrons. The fourth-order valence-electron chi connectivity index (χ4n) is 1.24. The van der Waals surface area contributed by atoms with E-state index in [1.807, 2.05) is 18.2 Å². The Morgan fingerprint density at radius 2 is 2.31 bits per heavy atom. The highest BCUT2D eigenvalue weighted by Gasteiger charge is 2.04. The molecule has 0 aliphatic rings. The zero-order valence-corrected chi connectivity index (χ0v) is 9.68. The van der Waals surface area contributed by atoms with Gasteiger partial charge in [-0.25, -0.2) is 0 Å². The summed E-state index contributed by atoms with van der Waals surface area (Å²) in [5.74, 6) is 0.614. The van der Waals surface area contributed by atoms with Gasteiger partial charge in [0.05, 0.1) is 6.20 Å². The minimum atomic E-state index is -0.453. The quantitative estimate of drug-likeness (QED) is 0.817.